The molecular weight excluding hydrogens is 370 g/mol. The Bertz CT molecular complexity index is 968. The number of aromatic amines is 1. The average molecular weight is 399 g/mol. The first-order valence-electron chi connectivity index (χ1n) is 9.66. The number of nitrogens with one attached hydrogen (secondary N) is 1. The number of aryl methyl sites for hydroxylation is 2. The van der Waals surface area contributed by atoms with Crippen LogP contribution in [0.25, 0.3) is 0 Å². The van der Waals surface area contributed by atoms with Crippen molar-refractivity contribution in [2.24, 2.45) is 0 Å². The lowest BCUT2D eigenvalue weighted by Crippen LogP contribution is -2.19. The number of hydrogen-bond acceptors (Lipinski definition) is 5. The smallest absolute Gasteiger partial charge is 0.340 e. The maximum atomic E-state index is 12.8. The molecule has 1 aromatic heterocycles. The zero-order chi connectivity index (χ0) is 22.0. The second-order valence-electron chi connectivity index (χ2n) is 7.34. The second kappa shape index (κ2) is 8.64. The van der Waals surface area contributed by atoms with Crippen LogP contribution >= 0.6 is 0 Å². The van der Waals surface area contributed by atoms with Crippen LogP contribution in [-0.4, -0.2) is 35.9 Å². The van der Waals surface area contributed by atoms with Crippen LogP contribution in [0.4, 0.5) is 0 Å². The molecule has 0 saturated heterocycles. The van der Waals surface area contributed by atoms with Crippen molar-refractivity contribution in [1.82, 2.24) is 4.98 Å². The fourth-order valence-electron chi connectivity index (χ4n) is 3.67. The van der Waals surface area contributed by atoms with Crippen LogP contribution in [0, 0.1) is 48.5 Å². The Morgan fingerprint density at radius 1 is 0.655 bits per heavy atom. The first kappa shape index (κ1) is 22.4. The Hall–Kier alpha value is -2.89. The molecule has 6 nitrogen and oxygen atoms in total. The van der Waals surface area contributed by atoms with Crippen molar-refractivity contribution in [3.63, 3.8) is 0 Å². The van der Waals surface area contributed by atoms with E-state index >= 15 is 0 Å². The molecule has 0 aliphatic heterocycles. The Balaban J connectivity index is 2.30. The van der Waals surface area contributed by atoms with Crippen molar-refractivity contribution in [2.75, 3.05) is 13.2 Å². The van der Waals surface area contributed by atoms with Crippen molar-refractivity contribution in [2.45, 2.75) is 55.4 Å². The summed E-state index contributed by atoms with van der Waals surface area (Å²) in [6.07, 6.45) is 0. The molecular formula is C23H29NO5. The van der Waals surface area contributed by atoms with Crippen LogP contribution in [0.1, 0.15) is 77.2 Å². The molecule has 0 fully saturated rings. The SMILES string of the molecule is CCOC(=O)c1c(C)[nH]c(C)c1C(=O)COC(=O)c1c(C)c(C)c(C)c(C)c1C. The number of aromatic nitrogens is 1. The minimum atomic E-state index is -0.569. The molecule has 156 valence electrons. The number of hydrogen-bond donors (Lipinski definition) is 1. The third-order valence-electron chi connectivity index (χ3n) is 5.67. The molecule has 0 bridgehead atoms. The summed E-state index contributed by atoms with van der Waals surface area (Å²) in [4.78, 5) is 40.8. The standard InChI is InChI=1S/C23H29NO5/c1-9-28-23(27)21-17(8)24-16(7)20(21)18(25)10-29-22(26)19-14(5)12(3)11(2)13(4)15(19)6/h24H,9-10H2,1-8H3. The molecule has 0 unspecified atom stereocenters. The van der Waals surface area contributed by atoms with Crippen LogP contribution < -0.4 is 0 Å². The van der Waals surface area contributed by atoms with Gasteiger partial charge in [-0.25, -0.2) is 9.59 Å². The fraction of sp³-hybridized carbons (Fsp3) is 0.435. The highest BCUT2D eigenvalue weighted by Gasteiger charge is 2.27. The number of carbonyl (C=O) groups is 3. The highest BCUT2D eigenvalue weighted by molar-refractivity contribution is 6.09. The summed E-state index contributed by atoms with van der Waals surface area (Å²) in [6.45, 7) is 14.6. The molecule has 6 heteroatoms. The van der Waals surface area contributed by atoms with Crippen LogP contribution in [0.5, 0.6) is 0 Å². The lowest BCUT2D eigenvalue weighted by Gasteiger charge is -2.17. The van der Waals surface area contributed by atoms with Crippen molar-refractivity contribution >= 4 is 17.7 Å². The summed E-state index contributed by atoms with van der Waals surface area (Å²) in [5, 5.41) is 0. The number of esters is 2. The van der Waals surface area contributed by atoms with Crippen LogP contribution in [-0.2, 0) is 9.47 Å². The maximum absolute atomic E-state index is 12.8. The van der Waals surface area contributed by atoms with E-state index in [0.29, 0.717) is 17.0 Å². The Morgan fingerprint density at radius 3 is 1.62 bits per heavy atom. The van der Waals surface area contributed by atoms with E-state index in [1.807, 2.05) is 34.6 Å². The highest BCUT2D eigenvalue weighted by atomic mass is 16.5. The largest absolute Gasteiger partial charge is 0.462 e. The molecule has 0 aliphatic rings. The minimum Gasteiger partial charge on any atom is -0.462 e. The number of H-pyrrole nitrogens is 1. The summed E-state index contributed by atoms with van der Waals surface area (Å²) < 4.78 is 10.4. The molecule has 2 rings (SSSR count). The van der Waals surface area contributed by atoms with Gasteiger partial charge in [0.25, 0.3) is 0 Å². The number of ether oxygens (including phenoxy) is 2. The molecule has 0 aliphatic carbocycles. The minimum absolute atomic E-state index is 0.194. The van der Waals surface area contributed by atoms with Crippen LogP contribution in [0.15, 0.2) is 0 Å². The normalized spacial score (nSPS) is 10.8. The maximum Gasteiger partial charge on any atom is 0.340 e. The van der Waals surface area contributed by atoms with Gasteiger partial charge >= 0.3 is 11.9 Å². The van der Waals surface area contributed by atoms with Crippen molar-refractivity contribution in [1.29, 1.82) is 0 Å². The first-order chi connectivity index (χ1) is 13.5. The van der Waals surface area contributed by atoms with E-state index < -0.39 is 24.3 Å². The average Bonchev–Trinajstić information content (AvgIpc) is 2.97. The molecule has 29 heavy (non-hydrogen) atoms. The van der Waals surface area contributed by atoms with Crippen LogP contribution in [0.2, 0.25) is 0 Å². The lowest BCUT2D eigenvalue weighted by atomic mass is 9.90. The van der Waals surface area contributed by atoms with Gasteiger partial charge in [-0.1, -0.05) is 0 Å². The van der Waals surface area contributed by atoms with Gasteiger partial charge in [0.15, 0.2) is 6.61 Å². The predicted molar refractivity (Wildman–Crippen MR) is 111 cm³/mol. The van der Waals surface area contributed by atoms with Crippen molar-refractivity contribution in [3.8, 4) is 0 Å². The van der Waals surface area contributed by atoms with E-state index in [2.05, 4.69) is 4.98 Å². The second-order valence-corrected chi connectivity index (χ2v) is 7.34. The van der Waals surface area contributed by atoms with Crippen LogP contribution in [0.3, 0.4) is 0 Å². The molecule has 1 N–H and O–H groups in total. The van der Waals surface area contributed by atoms with E-state index in [1.165, 1.54) is 0 Å². The fourth-order valence-corrected chi connectivity index (χ4v) is 3.67. The molecule has 0 atom stereocenters. The summed E-state index contributed by atoms with van der Waals surface area (Å²) in [5.74, 6) is -1.55. The Kier molecular flexibility index (Phi) is 6.67. The van der Waals surface area contributed by atoms with E-state index in [1.54, 1.807) is 20.8 Å². The van der Waals surface area contributed by atoms with E-state index in [9.17, 15) is 14.4 Å². The number of Topliss-reactive ketones (excluding diaryl/α,β-unsaturated/α-hetero) is 1. The predicted octanol–water partition coefficient (Wildman–Crippen LogP) is 4.39. The van der Waals surface area contributed by atoms with Gasteiger partial charge in [-0.05, 0) is 83.2 Å². The molecule has 1 aromatic carbocycles. The van der Waals surface area contributed by atoms with Gasteiger partial charge in [0.2, 0.25) is 5.78 Å². The quantitative estimate of drug-likeness (QED) is 0.575. The van der Waals surface area contributed by atoms with Gasteiger partial charge in [0, 0.05) is 11.4 Å². The van der Waals surface area contributed by atoms with Gasteiger partial charge in [-0.15, -0.1) is 0 Å². The lowest BCUT2D eigenvalue weighted by molar-refractivity contribution is 0.0470. The van der Waals surface area contributed by atoms with Gasteiger partial charge in [-0.2, -0.15) is 0 Å². The number of ketones is 1. The number of benzene rings is 1. The van der Waals surface area contributed by atoms with E-state index in [4.69, 9.17) is 9.47 Å². The first-order valence-corrected chi connectivity index (χ1v) is 9.66. The zero-order valence-corrected chi connectivity index (χ0v) is 18.5. The monoisotopic (exact) mass is 399 g/mol. The summed E-state index contributed by atoms with van der Waals surface area (Å²) in [6, 6.07) is 0. The van der Waals surface area contributed by atoms with Gasteiger partial charge in [0.1, 0.15) is 0 Å². The van der Waals surface area contributed by atoms with Gasteiger partial charge < -0.3 is 14.5 Å². The van der Waals surface area contributed by atoms with Gasteiger partial charge in [0.05, 0.1) is 23.3 Å². The summed E-state index contributed by atoms with van der Waals surface area (Å²) >= 11 is 0. The Morgan fingerprint density at radius 2 is 1.10 bits per heavy atom. The topological polar surface area (TPSA) is 85.5 Å². The number of rotatable bonds is 6. The molecule has 2 aromatic rings. The molecule has 0 spiro atoms. The van der Waals surface area contributed by atoms with E-state index in [0.717, 1.165) is 27.8 Å². The summed E-state index contributed by atoms with van der Waals surface area (Å²) in [7, 11) is 0. The third kappa shape index (κ3) is 4.11. The van der Waals surface area contributed by atoms with Crippen molar-refractivity contribution in [3.05, 3.63) is 55.9 Å². The molecule has 0 radical (unpaired) electrons. The summed E-state index contributed by atoms with van der Waals surface area (Å²) in [5.41, 5.74) is 6.90. The van der Waals surface area contributed by atoms with Crippen molar-refractivity contribution < 1.29 is 23.9 Å². The highest BCUT2D eigenvalue weighted by Crippen LogP contribution is 2.27. The zero-order valence-electron chi connectivity index (χ0n) is 18.5. The molecule has 0 saturated carbocycles. The molecule has 0 amide bonds. The number of carbonyl (C=O) groups excluding carboxylic acids is 3. The molecule has 1 heterocycles. The van der Waals surface area contributed by atoms with Gasteiger partial charge in [-0.3, -0.25) is 4.79 Å². The Labute approximate surface area is 171 Å². The third-order valence-corrected chi connectivity index (χ3v) is 5.67. The van der Waals surface area contributed by atoms with E-state index in [-0.39, 0.29) is 17.7 Å².